The highest BCUT2D eigenvalue weighted by atomic mass is 16.5. The number of aryl methyl sites for hydroxylation is 1. The molecule has 0 unspecified atom stereocenters. The minimum Gasteiger partial charge on any atom is -0.497 e. The van der Waals surface area contributed by atoms with E-state index < -0.39 is 5.97 Å². The molecule has 0 radical (unpaired) electrons. The Morgan fingerprint density at radius 3 is 2.52 bits per heavy atom. The number of methoxy groups -OCH3 is 2. The molecule has 0 bridgehead atoms. The van der Waals surface area contributed by atoms with Crippen LogP contribution in [0.25, 0.3) is 0 Å². The van der Waals surface area contributed by atoms with Gasteiger partial charge in [-0.3, -0.25) is 4.79 Å². The molecule has 1 aromatic carbocycles. The standard InChI is InChI=1S/C25H31NO5/c1-17-14-21(18(2)26(17)13-12-19-8-6-5-7-9-19)23(27)16-31-25(28)22-15-20(29-3)10-11-24(22)30-4/h8,10-11,14-15H,5-7,9,12-13,16H2,1-4H3. The Hall–Kier alpha value is -3.02. The minimum atomic E-state index is -0.623. The summed E-state index contributed by atoms with van der Waals surface area (Å²) in [7, 11) is 2.99. The molecule has 1 aliphatic rings. The topological polar surface area (TPSA) is 66.8 Å². The van der Waals surface area contributed by atoms with E-state index in [1.807, 2.05) is 19.9 Å². The lowest BCUT2D eigenvalue weighted by molar-refractivity contribution is 0.0471. The lowest BCUT2D eigenvalue weighted by Gasteiger charge is -2.15. The van der Waals surface area contributed by atoms with Gasteiger partial charge in [0.25, 0.3) is 0 Å². The molecule has 1 aliphatic carbocycles. The quantitative estimate of drug-likeness (QED) is 0.319. The third kappa shape index (κ3) is 5.37. The van der Waals surface area contributed by atoms with Gasteiger partial charge >= 0.3 is 5.97 Å². The van der Waals surface area contributed by atoms with Gasteiger partial charge in [0.2, 0.25) is 5.78 Å². The molecular weight excluding hydrogens is 394 g/mol. The molecule has 0 saturated carbocycles. The Bertz CT molecular complexity index is 986. The molecule has 0 atom stereocenters. The maximum absolute atomic E-state index is 12.8. The van der Waals surface area contributed by atoms with E-state index in [0.717, 1.165) is 24.4 Å². The normalized spacial score (nSPS) is 13.5. The maximum Gasteiger partial charge on any atom is 0.342 e. The van der Waals surface area contributed by atoms with Crippen LogP contribution in [0.15, 0.2) is 35.9 Å². The van der Waals surface area contributed by atoms with Crippen LogP contribution in [-0.4, -0.2) is 37.1 Å². The smallest absolute Gasteiger partial charge is 0.342 e. The number of ketones is 1. The van der Waals surface area contributed by atoms with Crippen molar-refractivity contribution in [1.82, 2.24) is 4.57 Å². The SMILES string of the molecule is COc1ccc(OC)c(C(=O)OCC(=O)c2cc(C)n(CCC3=CCCCC3)c2C)c1. The second-order valence-electron chi connectivity index (χ2n) is 7.86. The zero-order chi connectivity index (χ0) is 22.4. The third-order valence-corrected chi connectivity index (χ3v) is 5.88. The van der Waals surface area contributed by atoms with Gasteiger partial charge < -0.3 is 18.8 Å². The summed E-state index contributed by atoms with van der Waals surface area (Å²) in [6, 6.07) is 6.75. The number of ether oxygens (including phenoxy) is 3. The third-order valence-electron chi connectivity index (χ3n) is 5.88. The van der Waals surface area contributed by atoms with Crippen molar-refractivity contribution in [3.63, 3.8) is 0 Å². The van der Waals surface area contributed by atoms with Crippen molar-refractivity contribution in [2.45, 2.75) is 52.5 Å². The molecular formula is C25H31NO5. The molecule has 31 heavy (non-hydrogen) atoms. The molecule has 0 N–H and O–H groups in total. The van der Waals surface area contributed by atoms with E-state index in [-0.39, 0.29) is 18.0 Å². The van der Waals surface area contributed by atoms with E-state index in [1.54, 1.807) is 12.1 Å². The number of allylic oxidation sites excluding steroid dienone is 2. The van der Waals surface area contributed by atoms with Gasteiger partial charge in [0.15, 0.2) is 6.61 Å². The van der Waals surface area contributed by atoms with E-state index in [4.69, 9.17) is 14.2 Å². The highest BCUT2D eigenvalue weighted by Gasteiger charge is 2.20. The minimum absolute atomic E-state index is 0.216. The number of carbonyl (C=O) groups excluding carboxylic acids is 2. The van der Waals surface area contributed by atoms with Crippen LogP contribution >= 0.6 is 0 Å². The molecule has 1 heterocycles. The summed E-state index contributed by atoms with van der Waals surface area (Å²) >= 11 is 0. The average Bonchev–Trinajstić information content (AvgIpc) is 3.09. The number of benzene rings is 1. The monoisotopic (exact) mass is 425 g/mol. The lowest BCUT2D eigenvalue weighted by atomic mass is 9.97. The number of rotatable bonds is 9. The van der Waals surface area contributed by atoms with Crippen LogP contribution in [-0.2, 0) is 11.3 Å². The number of carbonyl (C=O) groups is 2. The van der Waals surface area contributed by atoms with Gasteiger partial charge in [0.1, 0.15) is 17.1 Å². The van der Waals surface area contributed by atoms with Gasteiger partial charge in [-0.15, -0.1) is 0 Å². The van der Waals surface area contributed by atoms with Gasteiger partial charge in [0.05, 0.1) is 14.2 Å². The molecule has 6 heteroatoms. The van der Waals surface area contributed by atoms with Crippen molar-refractivity contribution >= 4 is 11.8 Å². The molecule has 6 nitrogen and oxygen atoms in total. The molecule has 1 aromatic heterocycles. The molecule has 2 aromatic rings. The molecule has 3 rings (SSSR count). The second kappa shape index (κ2) is 10.3. The van der Waals surface area contributed by atoms with Gasteiger partial charge in [0, 0.05) is 23.5 Å². The van der Waals surface area contributed by atoms with E-state index in [1.165, 1.54) is 51.5 Å². The first-order valence-electron chi connectivity index (χ1n) is 10.7. The van der Waals surface area contributed by atoms with E-state index in [0.29, 0.717) is 17.1 Å². The highest BCUT2D eigenvalue weighted by molar-refractivity contribution is 6.01. The number of nitrogens with zero attached hydrogens (tertiary/aromatic N) is 1. The van der Waals surface area contributed by atoms with E-state index >= 15 is 0 Å². The predicted molar refractivity (Wildman–Crippen MR) is 119 cm³/mol. The van der Waals surface area contributed by atoms with Gasteiger partial charge in [-0.05, 0) is 70.2 Å². The summed E-state index contributed by atoms with van der Waals surface area (Å²) < 4.78 is 17.9. The first-order valence-corrected chi connectivity index (χ1v) is 10.7. The number of Topliss-reactive ketones (excluding diaryl/α,β-unsaturated/α-hetero) is 1. The Labute approximate surface area is 183 Å². The Morgan fingerprint density at radius 1 is 1.03 bits per heavy atom. The van der Waals surface area contributed by atoms with Crippen LogP contribution in [0.1, 0.15) is 64.2 Å². The molecule has 0 fully saturated rings. The zero-order valence-electron chi connectivity index (χ0n) is 18.8. The lowest BCUT2D eigenvalue weighted by Crippen LogP contribution is -2.16. The first-order chi connectivity index (χ1) is 14.9. The summed E-state index contributed by atoms with van der Waals surface area (Å²) in [5, 5.41) is 0. The van der Waals surface area contributed by atoms with E-state index in [2.05, 4.69) is 10.6 Å². The fourth-order valence-electron chi connectivity index (χ4n) is 4.07. The predicted octanol–water partition coefficient (Wildman–Crippen LogP) is 5.05. The van der Waals surface area contributed by atoms with Crippen LogP contribution in [0.4, 0.5) is 0 Å². The number of hydrogen-bond acceptors (Lipinski definition) is 5. The van der Waals surface area contributed by atoms with Crippen molar-refractivity contribution in [1.29, 1.82) is 0 Å². The summed E-state index contributed by atoms with van der Waals surface area (Å²) in [5.41, 5.74) is 4.28. The fourth-order valence-corrected chi connectivity index (χ4v) is 4.07. The van der Waals surface area contributed by atoms with Crippen molar-refractivity contribution in [3.05, 3.63) is 58.4 Å². The maximum atomic E-state index is 12.8. The average molecular weight is 426 g/mol. The highest BCUT2D eigenvalue weighted by Crippen LogP contribution is 2.25. The van der Waals surface area contributed by atoms with Gasteiger partial charge in [-0.25, -0.2) is 4.79 Å². The molecule has 0 spiro atoms. The van der Waals surface area contributed by atoms with Crippen LogP contribution in [0.3, 0.4) is 0 Å². The number of hydrogen-bond donors (Lipinski definition) is 0. The number of aromatic nitrogens is 1. The van der Waals surface area contributed by atoms with Crippen LogP contribution < -0.4 is 9.47 Å². The summed E-state index contributed by atoms with van der Waals surface area (Å²) in [5.74, 6) is 0.0396. The molecule has 0 saturated heterocycles. The summed E-state index contributed by atoms with van der Waals surface area (Å²) in [6.45, 7) is 4.49. The number of esters is 1. The molecule has 0 amide bonds. The Balaban J connectivity index is 1.65. The van der Waals surface area contributed by atoms with Gasteiger partial charge in [-0.1, -0.05) is 11.6 Å². The Kier molecular flexibility index (Phi) is 7.55. The zero-order valence-corrected chi connectivity index (χ0v) is 18.8. The fraction of sp³-hybridized carbons (Fsp3) is 0.440. The summed E-state index contributed by atoms with van der Waals surface area (Å²) in [6.07, 6.45) is 8.26. The van der Waals surface area contributed by atoms with Crippen molar-refractivity contribution in [2.24, 2.45) is 0 Å². The van der Waals surface area contributed by atoms with Crippen molar-refractivity contribution < 1.29 is 23.8 Å². The Morgan fingerprint density at radius 2 is 1.84 bits per heavy atom. The second-order valence-corrected chi connectivity index (χ2v) is 7.86. The molecule has 0 aliphatic heterocycles. The van der Waals surface area contributed by atoms with Crippen LogP contribution in [0.2, 0.25) is 0 Å². The van der Waals surface area contributed by atoms with Gasteiger partial charge in [-0.2, -0.15) is 0 Å². The van der Waals surface area contributed by atoms with Crippen molar-refractivity contribution in [2.75, 3.05) is 20.8 Å². The summed E-state index contributed by atoms with van der Waals surface area (Å²) in [4.78, 5) is 25.3. The van der Waals surface area contributed by atoms with Crippen LogP contribution in [0.5, 0.6) is 11.5 Å². The largest absolute Gasteiger partial charge is 0.497 e. The first kappa shape index (κ1) is 22.7. The van der Waals surface area contributed by atoms with Crippen molar-refractivity contribution in [3.8, 4) is 11.5 Å². The van der Waals surface area contributed by atoms with E-state index in [9.17, 15) is 9.59 Å². The van der Waals surface area contributed by atoms with Crippen LogP contribution in [0, 0.1) is 13.8 Å². The molecule has 166 valence electrons.